The van der Waals surface area contributed by atoms with Crippen LogP contribution in [0.4, 0.5) is 0 Å². The van der Waals surface area contributed by atoms with Gasteiger partial charge in [-0.2, -0.15) is 0 Å². The molecular formula is C18H36. The molecule has 0 heteroatoms. The molecule has 3 atom stereocenters. The average molecular weight is 252 g/mol. The third kappa shape index (κ3) is 4.28. The maximum atomic E-state index is 2.44. The summed E-state index contributed by atoms with van der Waals surface area (Å²) >= 11 is 0. The van der Waals surface area contributed by atoms with E-state index in [2.05, 4.69) is 62.3 Å². The van der Waals surface area contributed by atoms with E-state index in [-0.39, 0.29) is 0 Å². The quantitative estimate of drug-likeness (QED) is 0.524. The van der Waals surface area contributed by atoms with Gasteiger partial charge in [-0.05, 0) is 53.3 Å². The Kier molecular flexibility index (Phi) is 4.31. The van der Waals surface area contributed by atoms with Gasteiger partial charge in [-0.15, -0.1) is 0 Å². The van der Waals surface area contributed by atoms with E-state index in [1.807, 2.05) is 0 Å². The normalized spacial score (nSPS) is 30.8. The van der Waals surface area contributed by atoms with E-state index in [4.69, 9.17) is 0 Å². The third-order valence-electron chi connectivity index (χ3n) is 4.91. The molecule has 1 saturated carbocycles. The van der Waals surface area contributed by atoms with Crippen molar-refractivity contribution in [2.45, 2.75) is 81.6 Å². The molecule has 108 valence electrons. The second-order valence-electron chi connectivity index (χ2n) is 10.0. The molecule has 0 unspecified atom stereocenters. The first kappa shape index (κ1) is 16.1. The van der Waals surface area contributed by atoms with E-state index >= 15 is 0 Å². The molecule has 1 rings (SSSR count). The second-order valence-corrected chi connectivity index (χ2v) is 10.0. The van der Waals surface area contributed by atoms with Gasteiger partial charge >= 0.3 is 0 Å². The molecule has 1 fully saturated rings. The Morgan fingerprint density at radius 1 is 0.722 bits per heavy atom. The molecule has 0 aromatic rings. The predicted molar refractivity (Wildman–Crippen MR) is 82.7 cm³/mol. The van der Waals surface area contributed by atoms with E-state index in [0.29, 0.717) is 16.2 Å². The average Bonchev–Trinajstić information content (AvgIpc) is 2.42. The van der Waals surface area contributed by atoms with Crippen LogP contribution in [0.5, 0.6) is 0 Å². The van der Waals surface area contributed by atoms with Crippen LogP contribution in [-0.2, 0) is 0 Å². The van der Waals surface area contributed by atoms with Gasteiger partial charge in [-0.1, -0.05) is 62.3 Å². The molecule has 18 heavy (non-hydrogen) atoms. The molecule has 0 N–H and O–H groups in total. The van der Waals surface area contributed by atoms with Gasteiger partial charge in [0.2, 0.25) is 0 Å². The molecule has 1 aliphatic rings. The van der Waals surface area contributed by atoms with Crippen molar-refractivity contribution in [3.05, 3.63) is 0 Å². The standard InChI is InChI=1S/C18H36/c1-16(2,3)12-13-10-14(17(4,5)6)11-15(13)18(7,8)9/h13-15H,10-12H2,1-9H3/t13-,14-,15-/m1/s1. The summed E-state index contributed by atoms with van der Waals surface area (Å²) in [7, 11) is 0. The van der Waals surface area contributed by atoms with Crippen LogP contribution in [0.2, 0.25) is 0 Å². The molecule has 0 radical (unpaired) electrons. The van der Waals surface area contributed by atoms with Crippen LogP contribution in [0.1, 0.15) is 81.6 Å². The molecule has 0 nitrogen and oxygen atoms in total. The molecule has 0 aliphatic heterocycles. The Balaban J connectivity index is 2.86. The highest BCUT2D eigenvalue weighted by molar-refractivity contribution is 4.94. The Hall–Kier alpha value is 0. The molecule has 0 aromatic carbocycles. The van der Waals surface area contributed by atoms with E-state index < -0.39 is 0 Å². The minimum atomic E-state index is 0.468. The molecule has 1 aliphatic carbocycles. The Morgan fingerprint density at radius 2 is 1.22 bits per heavy atom. The summed E-state index contributed by atoms with van der Waals surface area (Å²) in [6.07, 6.45) is 4.28. The van der Waals surface area contributed by atoms with Gasteiger partial charge in [0, 0.05) is 0 Å². The minimum Gasteiger partial charge on any atom is -0.0602 e. The first-order valence-corrected chi connectivity index (χ1v) is 7.81. The van der Waals surface area contributed by atoms with Crippen molar-refractivity contribution in [3.63, 3.8) is 0 Å². The first-order chi connectivity index (χ1) is 7.81. The summed E-state index contributed by atoms with van der Waals surface area (Å²) in [5.41, 5.74) is 1.42. The van der Waals surface area contributed by atoms with Gasteiger partial charge in [0.1, 0.15) is 0 Å². The van der Waals surface area contributed by atoms with Crippen LogP contribution in [0.15, 0.2) is 0 Å². The highest BCUT2D eigenvalue weighted by Crippen LogP contribution is 2.54. The summed E-state index contributed by atoms with van der Waals surface area (Å²) in [5.74, 6) is 2.74. The highest BCUT2D eigenvalue weighted by atomic mass is 14.5. The Labute approximate surface area is 116 Å². The van der Waals surface area contributed by atoms with Crippen molar-refractivity contribution in [2.24, 2.45) is 34.0 Å². The molecule has 0 spiro atoms. The fraction of sp³-hybridized carbons (Fsp3) is 1.00. The lowest BCUT2D eigenvalue weighted by Gasteiger charge is -2.35. The topological polar surface area (TPSA) is 0 Å². The largest absolute Gasteiger partial charge is 0.0602 e. The highest BCUT2D eigenvalue weighted by Gasteiger charge is 2.44. The summed E-state index contributed by atoms with van der Waals surface area (Å²) in [6, 6.07) is 0. The van der Waals surface area contributed by atoms with Crippen molar-refractivity contribution in [1.29, 1.82) is 0 Å². The Morgan fingerprint density at radius 3 is 1.56 bits per heavy atom. The predicted octanol–water partition coefficient (Wildman–Crippen LogP) is 6.16. The van der Waals surface area contributed by atoms with Crippen LogP contribution in [0.25, 0.3) is 0 Å². The first-order valence-electron chi connectivity index (χ1n) is 7.81. The van der Waals surface area contributed by atoms with Gasteiger partial charge in [-0.3, -0.25) is 0 Å². The van der Waals surface area contributed by atoms with Crippen LogP contribution in [0.3, 0.4) is 0 Å². The van der Waals surface area contributed by atoms with E-state index in [1.165, 1.54) is 19.3 Å². The smallest absolute Gasteiger partial charge is 0.0334 e. The number of rotatable bonds is 1. The number of hydrogen-bond acceptors (Lipinski definition) is 0. The van der Waals surface area contributed by atoms with Gasteiger partial charge in [-0.25, -0.2) is 0 Å². The van der Waals surface area contributed by atoms with E-state index in [9.17, 15) is 0 Å². The van der Waals surface area contributed by atoms with Gasteiger partial charge in [0.15, 0.2) is 0 Å². The molecule has 0 heterocycles. The molecule has 0 aromatic heterocycles. The van der Waals surface area contributed by atoms with Crippen LogP contribution < -0.4 is 0 Å². The molecule has 0 saturated heterocycles. The van der Waals surface area contributed by atoms with Crippen molar-refractivity contribution in [2.75, 3.05) is 0 Å². The lowest BCUT2D eigenvalue weighted by molar-refractivity contribution is 0.144. The Bertz CT molecular complexity index is 266. The van der Waals surface area contributed by atoms with E-state index in [1.54, 1.807) is 0 Å². The third-order valence-corrected chi connectivity index (χ3v) is 4.91. The van der Waals surface area contributed by atoms with Crippen molar-refractivity contribution >= 4 is 0 Å². The molecule has 0 bridgehead atoms. The van der Waals surface area contributed by atoms with Crippen molar-refractivity contribution < 1.29 is 0 Å². The molecule has 0 amide bonds. The second kappa shape index (κ2) is 4.84. The fourth-order valence-corrected chi connectivity index (χ4v) is 3.90. The van der Waals surface area contributed by atoms with Crippen LogP contribution in [0, 0.1) is 34.0 Å². The van der Waals surface area contributed by atoms with Gasteiger partial charge in [0.25, 0.3) is 0 Å². The maximum absolute atomic E-state index is 2.44. The zero-order valence-electron chi connectivity index (χ0n) is 14.4. The molecular weight excluding hydrogens is 216 g/mol. The zero-order valence-corrected chi connectivity index (χ0v) is 14.4. The van der Waals surface area contributed by atoms with Crippen molar-refractivity contribution in [1.82, 2.24) is 0 Å². The number of hydrogen-bond donors (Lipinski definition) is 0. The SMILES string of the molecule is CC(C)(C)C[C@H]1C[C@@H](C(C)(C)C)C[C@H]1C(C)(C)C. The van der Waals surface area contributed by atoms with Crippen molar-refractivity contribution in [3.8, 4) is 0 Å². The summed E-state index contributed by atoms with van der Waals surface area (Å²) in [5, 5.41) is 0. The minimum absolute atomic E-state index is 0.468. The van der Waals surface area contributed by atoms with Gasteiger partial charge < -0.3 is 0 Å². The fourth-order valence-electron chi connectivity index (χ4n) is 3.90. The van der Waals surface area contributed by atoms with Crippen LogP contribution >= 0.6 is 0 Å². The lowest BCUT2D eigenvalue weighted by atomic mass is 9.70. The summed E-state index contributed by atoms with van der Waals surface area (Å²) in [6.45, 7) is 21.8. The van der Waals surface area contributed by atoms with E-state index in [0.717, 1.165) is 17.8 Å². The zero-order chi connectivity index (χ0) is 14.4. The lowest BCUT2D eigenvalue weighted by Crippen LogP contribution is -2.27. The van der Waals surface area contributed by atoms with Crippen LogP contribution in [-0.4, -0.2) is 0 Å². The van der Waals surface area contributed by atoms with Gasteiger partial charge in [0.05, 0.1) is 0 Å². The summed E-state index contributed by atoms with van der Waals surface area (Å²) in [4.78, 5) is 0. The monoisotopic (exact) mass is 252 g/mol. The maximum Gasteiger partial charge on any atom is -0.0334 e. The summed E-state index contributed by atoms with van der Waals surface area (Å²) < 4.78 is 0.